The second-order valence-corrected chi connectivity index (χ2v) is 5.51. The third-order valence-corrected chi connectivity index (χ3v) is 3.55. The highest BCUT2D eigenvalue weighted by atomic mass is 16.5. The number of rotatable bonds is 6. The van der Waals surface area contributed by atoms with Gasteiger partial charge in [-0.3, -0.25) is 4.79 Å². The van der Waals surface area contributed by atoms with E-state index < -0.39 is 6.10 Å². The third kappa shape index (κ3) is 4.35. The van der Waals surface area contributed by atoms with E-state index in [-0.39, 0.29) is 5.91 Å². The number of nitrogens with zero attached hydrogens (tertiary/aromatic N) is 1. The molecule has 0 saturated heterocycles. The molecule has 0 spiro atoms. The van der Waals surface area contributed by atoms with Gasteiger partial charge in [0, 0.05) is 13.6 Å². The van der Waals surface area contributed by atoms with Crippen molar-refractivity contribution < 1.29 is 9.53 Å². The predicted octanol–water partition coefficient (Wildman–Crippen LogP) is 3.81. The van der Waals surface area contributed by atoms with Crippen molar-refractivity contribution in [1.29, 1.82) is 0 Å². The van der Waals surface area contributed by atoms with Crippen LogP contribution in [-0.2, 0) is 11.3 Å². The van der Waals surface area contributed by atoms with Crippen LogP contribution in [0.2, 0.25) is 0 Å². The van der Waals surface area contributed by atoms with E-state index in [4.69, 9.17) is 4.74 Å². The number of carbonyl (C=O) groups is 1. The van der Waals surface area contributed by atoms with Gasteiger partial charge in [-0.1, -0.05) is 49.4 Å². The Morgan fingerprint density at radius 1 is 1.14 bits per heavy atom. The van der Waals surface area contributed by atoms with E-state index in [9.17, 15) is 4.79 Å². The monoisotopic (exact) mass is 297 g/mol. The maximum absolute atomic E-state index is 12.6. The normalized spacial score (nSPS) is 11.8. The Hall–Kier alpha value is -2.29. The van der Waals surface area contributed by atoms with E-state index in [2.05, 4.69) is 0 Å². The lowest BCUT2D eigenvalue weighted by atomic mass is 10.2. The second-order valence-electron chi connectivity index (χ2n) is 5.51. The molecular formula is C19H23NO2. The topological polar surface area (TPSA) is 29.5 Å². The summed E-state index contributed by atoms with van der Waals surface area (Å²) in [6, 6.07) is 17.8. The fourth-order valence-electron chi connectivity index (χ4n) is 2.34. The highest BCUT2D eigenvalue weighted by molar-refractivity contribution is 5.81. The van der Waals surface area contributed by atoms with Gasteiger partial charge in [0.2, 0.25) is 0 Å². The largest absolute Gasteiger partial charge is 0.481 e. The zero-order valence-electron chi connectivity index (χ0n) is 13.5. The minimum Gasteiger partial charge on any atom is -0.481 e. The summed E-state index contributed by atoms with van der Waals surface area (Å²) < 4.78 is 5.87. The Labute approximate surface area is 132 Å². The summed E-state index contributed by atoms with van der Waals surface area (Å²) in [7, 11) is 1.82. The van der Waals surface area contributed by atoms with E-state index in [1.165, 1.54) is 0 Å². The minimum atomic E-state index is -0.449. The Bertz CT molecular complexity index is 610. The standard InChI is InChI=1S/C19H23NO2/c1-4-18(22-17-12-8-9-15(2)13-17)19(21)20(3)14-16-10-6-5-7-11-16/h5-13,18H,4,14H2,1-3H3. The van der Waals surface area contributed by atoms with Crippen molar-refractivity contribution in [2.24, 2.45) is 0 Å². The van der Waals surface area contributed by atoms with Crippen LogP contribution in [0.5, 0.6) is 5.75 Å². The number of aryl methyl sites for hydroxylation is 1. The lowest BCUT2D eigenvalue weighted by Crippen LogP contribution is -2.39. The van der Waals surface area contributed by atoms with Crippen molar-refractivity contribution in [2.75, 3.05) is 7.05 Å². The molecule has 3 nitrogen and oxygen atoms in total. The Morgan fingerprint density at radius 2 is 1.86 bits per heavy atom. The van der Waals surface area contributed by atoms with Crippen molar-refractivity contribution >= 4 is 5.91 Å². The van der Waals surface area contributed by atoms with Crippen LogP contribution in [0.15, 0.2) is 54.6 Å². The molecule has 0 aromatic heterocycles. The van der Waals surface area contributed by atoms with Gasteiger partial charge in [0.05, 0.1) is 0 Å². The Balaban J connectivity index is 2.01. The van der Waals surface area contributed by atoms with E-state index in [0.717, 1.165) is 16.9 Å². The smallest absolute Gasteiger partial charge is 0.263 e. The summed E-state index contributed by atoms with van der Waals surface area (Å²) in [6.07, 6.45) is 0.196. The summed E-state index contributed by atoms with van der Waals surface area (Å²) >= 11 is 0. The van der Waals surface area contributed by atoms with Gasteiger partial charge in [-0.15, -0.1) is 0 Å². The first kappa shape index (κ1) is 16.1. The Kier molecular flexibility index (Phi) is 5.59. The van der Waals surface area contributed by atoms with Crippen LogP contribution in [0.25, 0.3) is 0 Å². The summed E-state index contributed by atoms with van der Waals surface area (Å²) in [4.78, 5) is 14.3. The number of hydrogen-bond acceptors (Lipinski definition) is 2. The fourth-order valence-corrected chi connectivity index (χ4v) is 2.34. The third-order valence-electron chi connectivity index (χ3n) is 3.55. The highest BCUT2D eigenvalue weighted by Crippen LogP contribution is 2.17. The van der Waals surface area contributed by atoms with Crippen LogP contribution in [-0.4, -0.2) is 24.0 Å². The first-order valence-corrected chi connectivity index (χ1v) is 7.62. The molecule has 2 aromatic rings. The van der Waals surface area contributed by atoms with Crippen LogP contribution in [0.1, 0.15) is 24.5 Å². The van der Waals surface area contributed by atoms with Crippen LogP contribution < -0.4 is 4.74 Å². The predicted molar refractivity (Wildman–Crippen MR) is 88.8 cm³/mol. The molecule has 22 heavy (non-hydrogen) atoms. The molecule has 0 bridgehead atoms. The van der Waals surface area contributed by atoms with E-state index in [1.54, 1.807) is 4.90 Å². The van der Waals surface area contributed by atoms with Crippen molar-refractivity contribution in [3.8, 4) is 5.75 Å². The molecule has 0 aliphatic rings. The minimum absolute atomic E-state index is 0.00728. The van der Waals surface area contributed by atoms with E-state index >= 15 is 0 Å². The summed E-state index contributed by atoms with van der Waals surface area (Å²) in [5, 5.41) is 0. The van der Waals surface area contributed by atoms with E-state index in [1.807, 2.05) is 75.5 Å². The van der Waals surface area contributed by atoms with Gasteiger partial charge in [0.15, 0.2) is 6.10 Å². The molecule has 0 fully saturated rings. The lowest BCUT2D eigenvalue weighted by molar-refractivity contribution is -0.138. The number of benzene rings is 2. The molecule has 0 radical (unpaired) electrons. The van der Waals surface area contributed by atoms with Crippen molar-refractivity contribution in [3.05, 3.63) is 65.7 Å². The first-order valence-electron chi connectivity index (χ1n) is 7.62. The van der Waals surface area contributed by atoms with Gasteiger partial charge in [0.1, 0.15) is 5.75 Å². The van der Waals surface area contributed by atoms with Gasteiger partial charge in [-0.25, -0.2) is 0 Å². The van der Waals surface area contributed by atoms with Crippen LogP contribution in [0.3, 0.4) is 0 Å². The average Bonchev–Trinajstić information content (AvgIpc) is 2.53. The number of ether oxygens (including phenoxy) is 1. The molecule has 0 heterocycles. The molecule has 1 atom stereocenters. The van der Waals surface area contributed by atoms with Crippen molar-refractivity contribution in [3.63, 3.8) is 0 Å². The van der Waals surface area contributed by atoms with Gasteiger partial charge in [-0.05, 0) is 36.6 Å². The number of carbonyl (C=O) groups excluding carboxylic acids is 1. The SMILES string of the molecule is CCC(Oc1cccc(C)c1)C(=O)N(C)Cc1ccccc1. The highest BCUT2D eigenvalue weighted by Gasteiger charge is 2.22. The van der Waals surface area contributed by atoms with E-state index in [0.29, 0.717) is 13.0 Å². The molecule has 0 N–H and O–H groups in total. The summed E-state index contributed by atoms with van der Waals surface area (Å²) in [5.74, 6) is 0.751. The molecule has 116 valence electrons. The van der Waals surface area contributed by atoms with Crippen LogP contribution in [0, 0.1) is 6.92 Å². The fraction of sp³-hybridized carbons (Fsp3) is 0.316. The maximum atomic E-state index is 12.6. The molecule has 0 aliphatic carbocycles. The second kappa shape index (κ2) is 7.64. The molecule has 3 heteroatoms. The number of hydrogen-bond donors (Lipinski definition) is 0. The van der Waals surface area contributed by atoms with Gasteiger partial charge < -0.3 is 9.64 Å². The molecule has 2 aromatic carbocycles. The average molecular weight is 297 g/mol. The lowest BCUT2D eigenvalue weighted by Gasteiger charge is -2.24. The van der Waals surface area contributed by atoms with Gasteiger partial charge in [-0.2, -0.15) is 0 Å². The zero-order chi connectivity index (χ0) is 15.9. The molecule has 1 amide bonds. The molecule has 0 aliphatic heterocycles. The molecule has 0 saturated carbocycles. The van der Waals surface area contributed by atoms with Crippen LogP contribution in [0.4, 0.5) is 0 Å². The van der Waals surface area contributed by atoms with Crippen LogP contribution >= 0.6 is 0 Å². The van der Waals surface area contributed by atoms with Crippen molar-refractivity contribution in [1.82, 2.24) is 4.90 Å². The number of likely N-dealkylation sites (N-methyl/N-ethyl adjacent to an activating group) is 1. The molecule has 2 rings (SSSR count). The first-order chi connectivity index (χ1) is 10.6. The quantitative estimate of drug-likeness (QED) is 0.811. The Morgan fingerprint density at radius 3 is 2.50 bits per heavy atom. The zero-order valence-corrected chi connectivity index (χ0v) is 13.5. The molecule has 1 unspecified atom stereocenters. The number of amides is 1. The molecular weight excluding hydrogens is 274 g/mol. The summed E-state index contributed by atoms with van der Waals surface area (Å²) in [5.41, 5.74) is 2.24. The van der Waals surface area contributed by atoms with Gasteiger partial charge in [0.25, 0.3) is 5.91 Å². The van der Waals surface area contributed by atoms with Gasteiger partial charge >= 0.3 is 0 Å². The van der Waals surface area contributed by atoms with Crippen molar-refractivity contribution in [2.45, 2.75) is 32.9 Å². The maximum Gasteiger partial charge on any atom is 0.263 e. The summed E-state index contributed by atoms with van der Waals surface area (Å²) in [6.45, 7) is 4.57.